The number of aromatic nitrogens is 1. The van der Waals surface area contributed by atoms with Gasteiger partial charge in [0.1, 0.15) is 6.54 Å². The molecule has 0 saturated carbocycles. The summed E-state index contributed by atoms with van der Waals surface area (Å²) in [5.74, 6) is -0.354. The van der Waals surface area contributed by atoms with Crippen LogP contribution in [0.5, 0.6) is 0 Å². The van der Waals surface area contributed by atoms with Crippen LogP contribution in [0.3, 0.4) is 0 Å². The van der Waals surface area contributed by atoms with Crippen molar-refractivity contribution in [2.24, 2.45) is 5.73 Å². The van der Waals surface area contributed by atoms with Gasteiger partial charge in [-0.2, -0.15) is 0 Å². The molecule has 3 N–H and O–H groups in total. The Morgan fingerprint density at radius 2 is 2.11 bits per heavy atom. The van der Waals surface area contributed by atoms with Crippen molar-refractivity contribution in [3.05, 3.63) is 64.9 Å². The molecule has 1 aromatic heterocycles. The van der Waals surface area contributed by atoms with Crippen LogP contribution in [0.15, 0.2) is 48.8 Å². The second-order valence-electron chi connectivity index (χ2n) is 7.16. The maximum absolute atomic E-state index is 11.2. The topological polar surface area (TPSA) is 69.3 Å². The maximum atomic E-state index is 11.2. The summed E-state index contributed by atoms with van der Waals surface area (Å²) in [6, 6.07) is 12.2. The van der Waals surface area contributed by atoms with Crippen molar-refractivity contribution < 1.29 is 9.53 Å². The van der Waals surface area contributed by atoms with Crippen LogP contribution in [0.4, 0.5) is 5.69 Å². The molecule has 27 heavy (non-hydrogen) atoms. The van der Waals surface area contributed by atoms with Gasteiger partial charge >= 0.3 is 0 Å². The van der Waals surface area contributed by atoms with E-state index in [2.05, 4.69) is 23.5 Å². The third kappa shape index (κ3) is 3.40. The Labute approximate surface area is 163 Å². The van der Waals surface area contributed by atoms with Crippen molar-refractivity contribution in [3.8, 4) is 0 Å². The molecule has 1 amide bonds. The monoisotopic (exact) mass is 383 g/mol. The van der Waals surface area contributed by atoms with E-state index in [-0.39, 0.29) is 18.0 Å². The third-order valence-corrected chi connectivity index (χ3v) is 5.63. The van der Waals surface area contributed by atoms with Crippen LogP contribution in [-0.4, -0.2) is 23.7 Å². The summed E-state index contributed by atoms with van der Waals surface area (Å²) in [7, 11) is 0. The summed E-state index contributed by atoms with van der Waals surface area (Å²) in [4.78, 5) is 11.2. The lowest BCUT2D eigenvalue weighted by Crippen LogP contribution is -2.36. The molecule has 6 heteroatoms. The Morgan fingerprint density at radius 3 is 2.85 bits per heavy atom. The summed E-state index contributed by atoms with van der Waals surface area (Å²) in [5.41, 5.74) is 8.23. The molecule has 2 aromatic carbocycles. The Bertz CT molecular complexity index is 1010. The summed E-state index contributed by atoms with van der Waals surface area (Å²) in [5, 5.41) is 6.58. The predicted molar refractivity (Wildman–Crippen MR) is 108 cm³/mol. The number of halogens is 1. The minimum atomic E-state index is -0.354. The molecular weight excluding hydrogens is 362 g/mol. The van der Waals surface area contributed by atoms with Crippen molar-refractivity contribution in [1.29, 1.82) is 0 Å². The van der Waals surface area contributed by atoms with Gasteiger partial charge in [0.15, 0.2) is 0 Å². The average molecular weight is 384 g/mol. The number of benzene rings is 2. The molecule has 0 radical (unpaired) electrons. The molecule has 0 bridgehead atoms. The largest absolute Gasteiger partial charge is 0.379 e. The molecule has 1 aliphatic rings. The number of rotatable bonds is 5. The van der Waals surface area contributed by atoms with Crippen LogP contribution in [-0.2, 0) is 21.6 Å². The first-order valence-electron chi connectivity index (χ1n) is 8.96. The minimum Gasteiger partial charge on any atom is -0.379 e. The van der Waals surface area contributed by atoms with Crippen LogP contribution >= 0.6 is 11.6 Å². The smallest absolute Gasteiger partial charge is 0.237 e. The number of ether oxygens (including phenoxy) is 1. The van der Waals surface area contributed by atoms with E-state index in [4.69, 9.17) is 22.1 Å². The van der Waals surface area contributed by atoms with E-state index in [1.807, 2.05) is 42.1 Å². The SMILES string of the molecule is Cc1c(Cl)cccc1C1(Nc2ccc3cn(CC(N)=O)cc3c2)CCOC1. The fraction of sp³-hybridized carbons (Fsp3) is 0.286. The number of hydrogen-bond donors (Lipinski definition) is 2. The normalized spacial score (nSPS) is 19.5. The zero-order chi connectivity index (χ0) is 19.0. The molecule has 4 rings (SSSR count). The number of anilines is 1. The first kappa shape index (κ1) is 17.9. The van der Waals surface area contributed by atoms with Gasteiger partial charge in [0.25, 0.3) is 0 Å². The quantitative estimate of drug-likeness (QED) is 0.703. The molecule has 1 atom stereocenters. The molecule has 1 aliphatic heterocycles. The number of amides is 1. The summed E-state index contributed by atoms with van der Waals surface area (Å²) in [6.45, 7) is 3.52. The highest BCUT2D eigenvalue weighted by Crippen LogP contribution is 2.38. The van der Waals surface area contributed by atoms with E-state index in [0.717, 1.165) is 33.5 Å². The first-order valence-corrected chi connectivity index (χ1v) is 9.34. The lowest BCUT2D eigenvalue weighted by Gasteiger charge is -2.32. The number of carbonyl (C=O) groups is 1. The number of fused-ring (bicyclic) bond motifs is 1. The van der Waals surface area contributed by atoms with Crippen molar-refractivity contribution >= 4 is 34.0 Å². The van der Waals surface area contributed by atoms with Gasteiger partial charge in [0.2, 0.25) is 5.91 Å². The van der Waals surface area contributed by atoms with Crippen molar-refractivity contribution in [1.82, 2.24) is 4.57 Å². The van der Waals surface area contributed by atoms with Crippen LogP contribution in [0.1, 0.15) is 17.5 Å². The van der Waals surface area contributed by atoms with Gasteiger partial charge in [-0.3, -0.25) is 4.79 Å². The third-order valence-electron chi connectivity index (χ3n) is 5.22. The molecule has 1 unspecified atom stereocenters. The zero-order valence-electron chi connectivity index (χ0n) is 15.2. The zero-order valence-corrected chi connectivity index (χ0v) is 15.9. The van der Waals surface area contributed by atoms with E-state index in [9.17, 15) is 4.79 Å². The first-order chi connectivity index (χ1) is 13.0. The van der Waals surface area contributed by atoms with Gasteiger partial charge in [-0.25, -0.2) is 0 Å². The van der Waals surface area contributed by atoms with Gasteiger partial charge in [-0.15, -0.1) is 0 Å². The van der Waals surface area contributed by atoms with Crippen molar-refractivity contribution in [3.63, 3.8) is 0 Å². The summed E-state index contributed by atoms with van der Waals surface area (Å²) >= 11 is 6.37. The molecular formula is C21H22ClN3O2. The van der Waals surface area contributed by atoms with E-state index in [1.54, 1.807) is 0 Å². The number of carbonyl (C=O) groups excluding carboxylic acids is 1. The van der Waals surface area contributed by atoms with E-state index >= 15 is 0 Å². The van der Waals surface area contributed by atoms with Gasteiger partial charge in [-0.05, 0) is 41.6 Å². The molecule has 0 spiro atoms. The van der Waals surface area contributed by atoms with Crippen LogP contribution in [0.25, 0.3) is 10.8 Å². The van der Waals surface area contributed by atoms with E-state index in [0.29, 0.717) is 13.2 Å². The second kappa shape index (κ2) is 6.91. The Kier molecular flexibility index (Phi) is 4.58. The lowest BCUT2D eigenvalue weighted by atomic mass is 9.85. The van der Waals surface area contributed by atoms with Gasteiger partial charge in [-0.1, -0.05) is 29.8 Å². The fourth-order valence-corrected chi connectivity index (χ4v) is 4.07. The standard InChI is InChI=1S/C21H22ClN3O2/c1-14-18(3-2-4-19(14)22)21(7-8-27-13-21)24-17-6-5-15-10-25(12-20(23)26)11-16(15)9-17/h2-6,9-11,24H,7-8,12-13H2,1H3,(H2,23,26). The molecule has 2 heterocycles. The van der Waals surface area contributed by atoms with Gasteiger partial charge in [0.05, 0.1) is 12.1 Å². The van der Waals surface area contributed by atoms with E-state index < -0.39 is 0 Å². The van der Waals surface area contributed by atoms with Crippen molar-refractivity contribution in [2.45, 2.75) is 25.4 Å². The summed E-state index contributed by atoms with van der Waals surface area (Å²) in [6.07, 6.45) is 4.74. The highest BCUT2D eigenvalue weighted by atomic mass is 35.5. The van der Waals surface area contributed by atoms with E-state index in [1.165, 1.54) is 5.56 Å². The van der Waals surface area contributed by atoms with Crippen LogP contribution in [0, 0.1) is 6.92 Å². The Hall–Kier alpha value is -2.50. The number of nitrogens with one attached hydrogen (secondary N) is 1. The van der Waals surface area contributed by atoms with Crippen LogP contribution in [0.2, 0.25) is 5.02 Å². The second-order valence-corrected chi connectivity index (χ2v) is 7.57. The van der Waals surface area contributed by atoms with Gasteiger partial charge in [0, 0.05) is 41.5 Å². The summed E-state index contributed by atoms with van der Waals surface area (Å²) < 4.78 is 7.57. The molecule has 0 aliphatic carbocycles. The lowest BCUT2D eigenvalue weighted by molar-refractivity contribution is -0.118. The Balaban J connectivity index is 1.69. The molecule has 1 saturated heterocycles. The number of primary amides is 1. The molecule has 140 valence electrons. The van der Waals surface area contributed by atoms with Crippen molar-refractivity contribution in [2.75, 3.05) is 18.5 Å². The maximum Gasteiger partial charge on any atom is 0.237 e. The molecule has 5 nitrogen and oxygen atoms in total. The highest BCUT2D eigenvalue weighted by molar-refractivity contribution is 6.31. The molecule has 3 aromatic rings. The predicted octanol–water partition coefficient (Wildman–Crippen LogP) is 3.82. The molecule has 1 fully saturated rings. The number of nitrogens with zero attached hydrogens (tertiary/aromatic N) is 1. The van der Waals surface area contributed by atoms with Crippen LogP contribution < -0.4 is 11.1 Å². The fourth-order valence-electron chi connectivity index (χ4n) is 3.89. The number of hydrogen-bond acceptors (Lipinski definition) is 3. The highest BCUT2D eigenvalue weighted by Gasteiger charge is 2.38. The minimum absolute atomic E-state index is 0.178. The van der Waals surface area contributed by atoms with Gasteiger partial charge < -0.3 is 20.4 Å². The average Bonchev–Trinajstić information content (AvgIpc) is 3.23. The number of nitrogens with two attached hydrogens (primary N) is 1. The Morgan fingerprint density at radius 1 is 1.30 bits per heavy atom.